The largest absolute Gasteiger partial charge is 0.368 e. The number of hydrogen-bond donors (Lipinski definition) is 2. The van der Waals surface area contributed by atoms with E-state index in [9.17, 15) is 4.79 Å². The lowest BCUT2D eigenvalue weighted by Gasteiger charge is -2.45. The fourth-order valence-corrected chi connectivity index (χ4v) is 2.62. The van der Waals surface area contributed by atoms with Gasteiger partial charge in [0.1, 0.15) is 5.54 Å². The number of amides is 1. The van der Waals surface area contributed by atoms with E-state index in [0.717, 1.165) is 39.0 Å². The molecule has 4 heteroatoms. The summed E-state index contributed by atoms with van der Waals surface area (Å²) in [6, 6.07) is 0. The van der Waals surface area contributed by atoms with Crippen molar-refractivity contribution in [3.8, 4) is 0 Å². The van der Waals surface area contributed by atoms with E-state index in [1.54, 1.807) is 0 Å². The molecule has 1 atom stereocenters. The van der Waals surface area contributed by atoms with Gasteiger partial charge in [0.15, 0.2) is 0 Å². The molecule has 1 aliphatic carbocycles. The van der Waals surface area contributed by atoms with E-state index in [2.05, 4.69) is 17.1 Å². The van der Waals surface area contributed by atoms with Gasteiger partial charge in [0.2, 0.25) is 5.91 Å². The van der Waals surface area contributed by atoms with Crippen LogP contribution in [0.2, 0.25) is 0 Å². The SMILES string of the molecule is CC1(C(C)(C(N)=O)N2CCNCC2)CC1. The van der Waals surface area contributed by atoms with Gasteiger partial charge >= 0.3 is 0 Å². The summed E-state index contributed by atoms with van der Waals surface area (Å²) in [7, 11) is 0. The van der Waals surface area contributed by atoms with Crippen LogP contribution in [0.15, 0.2) is 0 Å². The minimum Gasteiger partial charge on any atom is -0.368 e. The predicted octanol–water partition coefficient (Wildman–Crippen LogP) is -0.0643. The quantitative estimate of drug-likeness (QED) is 0.687. The molecule has 86 valence electrons. The molecule has 0 radical (unpaired) electrons. The highest BCUT2D eigenvalue weighted by atomic mass is 16.1. The summed E-state index contributed by atoms with van der Waals surface area (Å²) < 4.78 is 0. The molecular formula is C11H21N3O. The number of piperazine rings is 1. The number of carbonyl (C=O) groups is 1. The molecule has 2 fully saturated rings. The summed E-state index contributed by atoms with van der Waals surface area (Å²) in [5.74, 6) is -0.163. The third-order valence-electron chi connectivity index (χ3n) is 4.40. The molecule has 1 aliphatic heterocycles. The Kier molecular flexibility index (Phi) is 2.51. The minimum absolute atomic E-state index is 0.107. The van der Waals surface area contributed by atoms with Gasteiger partial charge < -0.3 is 11.1 Å². The first-order chi connectivity index (χ1) is 7.01. The van der Waals surface area contributed by atoms with Crippen LogP contribution >= 0.6 is 0 Å². The second-order valence-corrected chi connectivity index (χ2v) is 5.23. The first kappa shape index (κ1) is 10.9. The highest BCUT2D eigenvalue weighted by Gasteiger charge is 2.59. The van der Waals surface area contributed by atoms with Crippen LogP contribution in [0.25, 0.3) is 0 Å². The molecule has 1 amide bonds. The average molecular weight is 211 g/mol. The average Bonchev–Trinajstić information content (AvgIpc) is 2.98. The van der Waals surface area contributed by atoms with Crippen LogP contribution in [0.3, 0.4) is 0 Å². The number of rotatable bonds is 3. The van der Waals surface area contributed by atoms with Crippen molar-refractivity contribution < 1.29 is 4.79 Å². The molecule has 2 rings (SSSR count). The standard InChI is InChI=1S/C11H21N3O/c1-10(3-4-10)11(2,9(12)15)14-7-5-13-6-8-14/h13H,3-8H2,1-2H3,(H2,12,15). The van der Waals surface area contributed by atoms with Crippen LogP contribution in [0.4, 0.5) is 0 Å². The Morgan fingerprint density at radius 1 is 1.40 bits per heavy atom. The normalized spacial score (nSPS) is 29.5. The fourth-order valence-electron chi connectivity index (χ4n) is 2.62. The Balaban J connectivity index is 2.21. The number of hydrogen-bond acceptors (Lipinski definition) is 3. The Labute approximate surface area is 91.2 Å². The van der Waals surface area contributed by atoms with E-state index in [0.29, 0.717) is 0 Å². The van der Waals surface area contributed by atoms with Crippen molar-refractivity contribution in [1.82, 2.24) is 10.2 Å². The summed E-state index contributed by atoms with van der Waals surface area (Å²) in [5, 5.41) is 3.30. The zero-order valence-corrected chi connectivity index (χ0v) is 9.68. The summed E-state index contributed by atoms with van der Waals surface area (Å²) in [6.45, 7) is 7.97. The molecule has 1 saturated carbocycles. The first-order valence-electron chi connectivity index (χ1n) is 5.76. The molecule has 1 saturated heterocycles. The molecule has 4 nitrogen and oxygen atoms in total. The number of carbonyl (C=O) groups excluding carboxylic acids is 1. The van der Waals surface area contributed by atoms with Crippen molar-refractivity contribution in [2.24, 2.45) is 11.1 Å². The maximum Gasteiger partial charge on any atom is 0.238 e. The summed E-state index contributed by atoms with van der Waals surface area (Å²) in [5.41, 5.74) is 5.28. The second kappa shape index (κ2) is 3.46. The second-order valence-electron chi connectivity index (χ2n) is 5.23. The van der Waals surface area contributed by atoms with Gasteiger partial charge in [-0.25, -0.2) is 0 Å². The van der Waals surface area contributed by atoms with Crippen LogP contribution in [0.5, 0.6) is 0 Å². The first-order valence-corrected chi connectivity index (χ1v) is 5.76. The zero-order chi connectivity index (χ0) is 11.1. The van der Waals surface area contributed by atoms with Gasteiger partial charge in [-0.1, -0.05) is 6.92 Å². The van der Waals surface area contributed by atoms with Crippen LogP contribution in [0, 0.1) is 5.41 Å². The maximum absolute atomic E-state index is 11.8. The Morgan fingerprint density at radius 2 is 1.93 bits per heavy atom. The number of nitrogens with one attached hydrogen (secondary N) is 1. The van der Waals surface area contributed by atoms with E-state index in [-0.39, 0.29) is 11.3 Å². The molecule has 2 aliphatic rings. The highest BCUT2D eigenvalue weighted by Crippen LogP contribution is 2.55. The van der Waals surface area contributed by atoms with Crippen molar-refractivity contribution in [1.29, 1.82) is 0 Å². The number of nitrogens with zero attached hydrogens (tertiary/aromatic N) is 1. The van der Waals surface area contributed by atoms with Gasteiger partial charge in [0.25, 0.3) is 0 Å². The molecule has 0 aromatic carbocycles. The molecule has 0 bridgehead atoms. The van der Waals surface area contributed by atoms with E-state index in [1.807, 2.05) is 6.92 Å². The van der Waals surface area contributed by atoms with Crippen LogP contribution < -0.4 is 11.1 Å². The molecular weight excluding hydrogens is 190 g/mol. The Hall–Kier alpha value is -0.610. The van der Waals surface area contributed by atoms with Gasteiger partial charge in [-0.2, -0.15) is 0 Å². The van der Waals surface area contributed by atoms with Crippen molar-refractivity contribution >= 4 is 5.91 Å². The van der Waals surface area contributed by atoms with Crippen LogP contribution in [0.1, 0.15) is 26.7 Å². The molecule has 0 aromatic rings. The molecule has 15 heavy (non-hydrogen) atoms. The third-order valence-corrected chi connectivity index (χ3v) is 4.40. The number of nitrogens with two attached hydrogens (primary N) is 1. The molecule has 3 N–H and O–H groups in total. The fraction of sp³-hybridized carbons (Fsp3) is 0.909. The van der Waals surface area contributed by atoms with E-state index in [4.69, 9.17) is 5.73 Å². The van der Waals surface area contributed by atoms with Gasteiger partial charge in [-0.3, -0.25) is 9.69 Å². The van der Waals surface area contributed by atoms with Gasteiger partial charge in [-0.05, 0) is 25.2 Å². The van der Waals surface area contributed by atoms with Gasteiger partial charge in [0.05, 0.1) is 0 Å². The molecule has 1 heterocycles. The minimum atomic E-state index is -0.449. The summed E-state index contributed by atoms with van der Waals surface area (Å²) in [4.78, 5) is 14.0. The van der Waals surface area contributed by atoms with Crippen LogP contribution in [-0.2, 0) is 4.79 Å². The maximum atomic E-state index is 11.8. The Bertz CT molecular complexity index is 269. The molecule has 1 unspecified atom stereocenters. The molecule has 0 aromatic heterocycles. The van der Waals surface area contributed by atoms with Crippen molar-refractivity contribution in [2.75, 3.05) is 26.2 Å². The predicted molar refractivity (Wildman–Crippen MR) is 59.4 cm³/mol. The van der Waals surface area contributed by atoms with Gasteiger partial charge in [-0.15, -0.1) is 0 Å². The number of primary amides is 1. The lowest BCUT2D eigenvalue weighted by molar-refractivity contribution is -0.134. The van der Waals surface area contributed by atoms with E-state index < -0.39 is 5.54 Å². The van der Waals surface area contributed by atoms with Crippen LogP contribution in [-0.4, -0.2) is 42.5 Å². The monoisotopic (exact) mass is 211 g/mol. The summed E-state index contributed by atoms with van der Waals surface area (Å²) in [6.07, 6.45) is 2.24. The highest BCUT2D eigenvalue weighted by molar-refractivity contribution is 5.86. The zero-order valence-electron chi connectivity index (χ0n) is 9.68. The third kappa shape index (κ3) is 1.56. The van der Waals surface area contributed by atoms with Crippen molar-refractivity contribution in [3.63, 3.8) is 0 Å². The van der Waals surface area contributed by atoms with Gasteiger partial charge in [0, 0.05) is 26.2 Å². The van der Waals surface area contributed by atoms with Crippen molar-refractivity contribution in [2.45, 2.75) is 32.2 Å². The summed E-state index contributed by atoms with van der Waals surface area (Å²) >= 11 is 0. The Morgan fingerprint density at radius 3 is 2.33 bits per heavy atom. The molecule has 0 spiro atoms. The van der Waals surface area contributed by atoms with E-state index in [1.165, 1.54) is 0 Å². The lowest BCUT2D eigenvalue weighted by Crippen LogP contribution is -2.64. The smallest absolute Gasteiger partial charge is 0.238 e. The lowest BCUT2D eigenvalue weighted by atomic mass is 9.81. The van der Waals surface area contributed by atoms with Crippen molar-refractivity contribution in [3.05, 3.63) is 0 Å². The topological polar surface area (TPSA) is 58.4 Å². The van der Waals surface area contributed by atoms with E-state index >= 15 is 0 Å².